The van der Waals surface area contributed by atoms with Crippen molar-refractivity contribution in [3.63, 3.8) is 0 Å². The maximum atomic E-state index is 13.1. The fourth-order valence-electron chi connectivity index (χ4n) is 2.86. The van der Waals surface area contributed by atoms with Gasteiger partial charge in [-0.1, -0.05) is 48.5 Å². The minimum atomic E-state index is -0.135. The van der Waals surface area contributed by atoms with Crippen molar-refractivity contribution in [2.24, 2.45) is 0 Å². The number of carbonyl (C=O) groups excluding carboxylic acids is 1. The monoisotopic (exact) mass is 349 g/mol. The molecule has 134 valence electrons. The molecule has 0 bridgehead atoms. The van der Waals surface area contributed by atoms with Gasteiger partial charge in [0.25, 0.3) is 5.91 Å². The van der Waals surface area contributed by atoms with Crippen LogP contribution in [0.25, 0.3) is 5.69 Å². The van der Waals surface area contributed by atoms with Crippen LogP contribution in [0.4, 0.5) is 0 Å². The van der Waals surface area contributed by atoms with Crippen molar-refractivity contribution < 1.29 is 9.90 Å². The first kappa shape index (κ1) is 17.9. The van der Waals surface area contributed by atoms with E-state index < -0.39 is 0 Å². The lowest BCUT2D eigenvalue weighted by Crippen LogP contribution is -2.39. The molecule has 1 amide bonds. The highest BCUT2D eigenvalue weighted by Gasteiger charge is 2.23. The maximum Gasteiger partial charge on any atom is 0.274 e. The summed E-state index contributed by atoms with van der Waals surface area (Å²) >= 11 is 0. The van der Waals surface area contributed by atoms with Gasteiger partial charge in [-0.2, -0.15) is 5.10 Å². The molecule has 0 aliphatic carbocycles. The topological polar surface area (TPSA) is 58.4 Å². The summed E-state index contributed by atoms with van der Waals surface area (Å²) in [5, 5.41) is 13.7. The SMILES string of the molecule is CC(CCO)N(Cc1ccccc1)C(=O)c1ccn(-c2ccccc2)n1. The van der Waals surface area contributed by atoms with Crippen molar-refractivity contribution in [2.45, 2.75) is 25.9 Å². The first-order chi connectivity index (χ1) is 12.7. The normalized spacial score (nSPS) is 11.9. The molecule has 1 unspecified atom stereocenters. The van der Waals surface area contributed by atoms with Gasteiger partial charge in [0, 0.05) is 25.4 Å². The van der Waals surface area contributed by atoms with Crippen LogP contribution in [0.1, 0.15) is 29.4 Å². The summed E-state index contributed by atoms with van der Waals surface area (Å²) in [6.45, 7) is 2.47. The van der Waals surface area contributed by atoms with Gasteiger partial charge in [-0.05, 0) is 37.1 Å². The number of nitrogens with zero attached hydrogens (tertiary/aromatic N) is 3. The number of aromatic nitrogens is 2. The summed E-state index contributed by atoms with van der Waals surface area (Å²) in [5.74, 6) is -0.135. The number of benzene rings is 2. The number of para-hydroxylation sites is 1. The van der Waals surface area contributed by atoms with Crippen molar-refractivity contribution in [3.8, 4) is 5.69 Å². The van der Waals surface area contributed by atoms with E-state index in [1.165, 1.54) is 0 Å². The Morgan fingerprint density at radius 2 is 1.73 bits per heavy atom. The molecule has 0 spiro atoms. The second kappa shape index (κ2) is 8.45. The predicted molar refractivity (Wildman–Crippen MR) is 101 cm³/mol. The van der Waals surface area contributed by atoms with Crippen LogP contribution in [-0.4, -0.2) is 38.3 Å². The maximum absolute atomic E-state index is 13.1. The van der Waals surface area contributed by atoms with Crippen LogP contribution >= 0.6 is 0 Å². The van der Waals surface area contributed by atoms with E-state index in [4.69, 9.17) is 0 Å². The molecule has 5 nitrogen and oxygen atoms in total. The van der Waals surface area contributed by atoms with Crippen molar-refractivity contribution >= 4 is 5.91 Å². The summed E-state index contributed by atoms with van der Waals surface area (Å²) in [4.78, 5) is 14.8. The molecule has 2 aromatic carbocycles. The predicted octanol–water partition coefficient (Wildman–Crippen LogP) is 3.29. The fraction of sp³-hybridized carbons (Fsp3) is 0.238. The molecule has 1 heterocycles. The highest BCUT2D eigenvalue weighted by Crippen LogP contribution is 2.15. The summed E-state index contributed by atoms with van der Waals surface area (Å²) < 4.78 is 1.70. The summed E-state index contributed by atoms with van der Waals surface area (Å²) in [6.07, 6.45) is 2.32. The van der Waals surface area contributed by atoms with Crippen LogP contribution in [0.3, 0.4) is 0 Å². The van der Waals surface area contributed by atoms with Gasteiger partial charge in [0.2, 0.25) is 0 Å². The van der Waals surface area contributed by atoms with E-state index >= 15 is 0 Å². The Labute approximate surface area is 153 Å². The van der Waals surface area contributed by atoms with Crippen molar-refractivity contribution in [3.05, 3.63) is 84.2 Å². The molecule has 3 rings (SSSR count). The van der Waals surface area contributed by atoms with Crippen LogP contribution in [-0.2, 0) is 6.54 Å². The van der Waals surface area contributed by atoms with Crippen LogP contribution in [0.5, 0.6) is 0 Å². The van der Waals surface area contributed by atoms with Gasteiger partial charge in [0.1, 0.15) is 0 Å². The van der Waals surface area contributed by atoms with Crippen molar-refractivity contribution in [2.75, 3.05) is 6.61 Å². The largest absolute Gasteiger partial charge is 0.396 e. The Balaban J connectivity index is 1.84. The molecule has 1 N–H and O–H groups in total. The number of carbonyl (C=O) groups is 1. The second-order valence-corrected chi connectivity index (χ2v) is 6.26. The van der Waals surface area contributed by atoms with Gasteiger partial charge in [-0.15, -0.1) is 0 Å². The van der Waals surface area contributed by atoms with E-state index in [1.54, 1.807) is 21.8 Å². The molecular formula is C21H23N3O2. The van der Waals surface area contributed by atoms with Gasteiger partial charge in [-0.25, -0.2) is 4.68 Å². The molecule has 3 aromatic rings. The first-order valence-electron chi connectivity index (χ1n) is 8.76. The Morgan fingerprint density at radius 3 is 2.38 bits per heavy atom. The number of hydrogen-bond acceptors (Lipinski definition) is 3. The van der Waals surface area contributed by atoms with Crippen LogP contribution in [0, 0.1) is 0 Å². The quantitative estimate of drug-likeness (QED) is 0.712. The highest BCUT2D eigenvalue weighted by molar-refractivity contribution is 5.92. The fourth-order valence-corrected chi connectivity index (χ4v) is 2.86. The zero-order valence-corrected chi connectivity index (χ0v) is 14.8. The molecule has 26 heavy (non-hydrogen) atoms. The second-order valence-electron chi connectivity index (χ2n) is 6.26. The Kier molecular flexibility index (Phi) is 5.81. The smallest absolute Gasteiger partial charge is 0.274 e. The highest BCUT2D eigenvalue weighted by atomic mass is 16.3. The number of aliphatic hydroxyl groups is 1. The molecule has 0 aliphatic heterocycles. The third kappa shape index (κ3) is 4.18. The lowest BCUT2D eigenvalue weighted by atomic mass is 10.1. The van der Waals surface area contributed by atoms with Gasteiger partial charge in [0.05, 0.1) is 5.69 Å². The van der Waals surface area contributed by atoms with Crippen LogP contribution in [0.15, 0.2) is 72.9 Å². The Morgan fingerprint density at radius 1 is 1.08 bits per heavy atom. The lowest BCUT2D eigenvalue weighted by Gasteiger charge is -2.28. The van der Waals surface area contributed by atoms with Gasteiger partial charge < -0.3 is 10.0 Å². The van der Waals surface area contributed by atoms with Gasteiger partial charge in [0.15, 0.2) is 5.69 Å². The minimum Gasteiger partial charge on any atom is -0.396 e. The average Bonchev–Trinajstić information content (AvgIpc) is 3.17. The standard InChI is InChI=1S/C21H23N3O2/c1-17(13-15-25)23(16-18-8-4-2-5-9-18)21(26)20-12-14-24(22-20)19-10-6-3-7-11-19/h2-12,14,17,25H,13,15-16H2,1H3. The lowest BCUT2D eigenvalue weighted by molar-refractivity contribution is 0.0642. The third-order valence-electron chi connectivity index (χ3n) is 4.36. The first-order valence-corrected chi connectivity index (χ1v) is 8.76. The molecule has 1 aromatic heterocycles. The molecule has 0 saturated heterocycles. The van der Waals surface area contributed by atoms with E-state index in [2.05, 4.69) is 5.10 Å². The van der Waals surface area contributed by atoms with Crippen LogP contribution < -0.4 is 0 Å². The zero-order valence-electron chi connectivity index (χ0n) is 14.8. The molecule has 0 saturated carbocycles. The Hall–Kier alpha value is -2.92. The average molecular weight is 349 g/mol. The summed E-state index contributed by atoms with van der Waals surface area (Å²) in [5.41, 5.74) is 2.35. The number of amides is 1. The van der Waals surface area contributed by atoms with Crippen LogP contribution in [0.2, 0.25) is 0 Å². The zero-order chi connectivity index (χ0) is 18.4. The van der Waals surface area contributed by atoms with E-state index in [0.29, 0.717) is 18.7 Å². The molecular weight excluding hydrogens is 326 g/mol. The molecule has 0 aliphatic rings. The summed E-state index contributed by atoms with van der Waals surface area (Å²) in [7, 11) is 0. The van der Waals surface area contributed by atoms with E-state index in [1.807, 2.05) is 67.6 Å². The van der Waals surface area contributed by atoms with E-state index in [-0.39, 0.29) is 18.6 Å². The van der Waals surface area contributed by atoms with Gasteiger partial charge in [-0.3, -0.25) is 4.79 Å². The summed E-state index contributed by atoms with van der Waals surface area (Å²) in [6, 6.07) is 21.2. The molecule has 5 heteroatoms. The Bertz CT molecular complexity index is 831. The van der Waals surface area contributed by atoms with E-state index in [0.717, 1.165) is 11.3 Å². The molecule has 1 atom stereocenters. The molecule has 0 radical (unpaired) electrons. The van der Waals surface area contributed by atoms with Gasteiger partial charge >= 0.3 is 0 Å². The van der Waals surface area contributed by atoms with Crippen molar-refractivity contribution in [1.82, 2.24) is 14.7 Å². The van der Waals surface area contributed by atoms with Crippen molar-refractivity contribution in [1.29, 1.82) is 0 Å². The third-order valence-corrected chi connectivity index (χ3v) is 4.36. The van der Waals surface area contributed by atoms with E-state index in [9.17, 15) is 9.90 Å². The number of rotatable bonds is 7. The number of aliphatic hydroxyl groups excluding tert-OH is 1. The molecule has 0 fully saturated rings. The minimum absolute atomic E-state index is 0.0399. The number of hydrogen-bond donors (Lipinski definition) is 1.